The summed E-state index contributed by atoms with van der Waals surface area (Å²) >= 11 is 6.00. The Morgan fingerprint density at radius 3 is 2.86 bits per heavy atom. The number of hydrogen-bond acceptors (Lipinski definition) is 3. The molecule has 1 N–H and O–H groups in total. The van der Waals surface area contributed by atoms with Crippen LogP contribution in [0.4, 0.5) is 0 Å². The molecule has 0 bridgehead atoms. The first-order chi connectivity index (χ1) is 9.97. The van der Waals surface area contributed by atoms with Crippen LogP contribution in [0.3, 0.4) is 0 Å². The zero-order chi connectivity index (χ0) is 15.1. The average molecular weight is 305 g/mol. The third kappa shape index (κ3) is 2.49. The molecule has 0 aliphatic carbocycles. The number of aromatic carboxylic acids is 1. The second kappa shape index (κ2) is 5.28. The number of pyridine rings is 1. The quantitative estimate of drug-likeness (QED) is 0.924. The Bertz CT molecular complexity index is 728. The number of benzene rings is 1. The molecular formula is C16H17ClN2O2. The number of aromatic nitrogens is 1. The van der Waals surface area contributed by atoms with E-state index in [0.717, 1.165) is 24.2 Å². The molecule has 110 valence electrons. The maximum Gasteiger partial charge on any atom is 0.336 e. The normalized spacial score (nSPS) is 15.4. The number of rotatable bonds is 2. The zero-order valence-electron chi connectivity index (χ0n) is 12.1. The lowest BCUT2D eigenvalue weighted by Gasteiger charge is -2.32. The Kier molecular flexibility index (Phi) is 3.59. The fourth-order valence-electron chi connectivity index (χ4n) is 2.92. The molecular weight excluding hydrogens is 288 g/mol. The van der Waals surface area contributed by atoms with Crippen molar-refractivity contribution in [1.82, 2.24) is 9.88 Å². The molecule has 1 aliphatic rings. The monoisotopic (exact) mass is 304 g/mol. The zero-order valence-corrected chi connectivity index (χ0v) is 12.8. The predicted molar refractivity (Wildman–Crippen MR) is 83.0 cm³/mol. The van der Waals surface area contributed by atoms with E-state index in [9.17, 15) is 9.90 Å². The molecule has 2 heterocycles. The molecule has 4 nitrogen and oxygen atoms in total. The minimum absolute atomic E-state index is 0.372. The molecule has 0 amide bonds. The standard InChI is InChI=1S/C16H17ClN2O2/c1-9(2)19-6-5-13-12(8-19)15(16(20)21)11-4-3-10(17)7-14(11)18-13/h3-4,7,9H,5-6,8H2,1-2H3,(H,20,21). The molecule has 21 heavy (non-hydrogen) atoms. The summed E-state index contributed by atoms with van der Waals surface area (Å²) in [6.07, 6.45) is 0.774. The molecule has 1 aromatic heterocycles. The van der Waals surface area contributed by atoms with E-state index in [2.05, 4.69) is 23.7 Å². The molecule has 3 rings (SSSR count). The molecule has 0 unspecified atom stereocenters. The molecule has 2 aromatic rings. The van der Waals surface area contributed by atoms with Gasteiger partial charge in [-0.15, -0.1) is 0 Å². The van der Waals surface area contributed by atoms with Crippen molar-refractivity contribution < 1.29 is 9.90 Å². The van der Waals surface area contributed by atoms with Gasteiger partial charge in [0.2, 0.25) is 0 Å². The van der Waals surface area contributed by atoms with Gasteiger partial charge in [0, 0.05) is 47.2 Å². The van der Waals surface area contributed by atoms with Crippen molar-refractivity contribution >= 4 is 28.5 Å². The van der Waals surface area contributed by atoms with E-state index in [4.69, 9.17) is 11.6 Å². The Morgan fingerprint density at radius 2 is 2.19 bits per heavy atom. The van der Waals surface area contributed by atoms with Crippen LogP contribution in [0, 0.1) is 0 Å². The van der Waals surface area contributed by atoms with Crippen LogP contribution in [-0.2, 0) is 13.0 Å². The van der Waals surface area contributed by atoms with Crippen molar-refractivity contribution in [1.29, 1.82) is 0 Å². The highest BCUT2D eigenvalue weighted by Crippen LogP contribution is 2.30. The SMILES string of the molecule is CC(C)N1CCc2nc3cc(Cl)ccc3c(C(=O)O)c2C1. The van der Waals surface area contributed by atoms with E-state index in [0.29, 0.717) is 34.1 Å². The summed E-state index contributed by atoms with van der Waals surface area (Å²) < 4.78 is 0. The number of carbonyl (C=O) groups is 1. The van der Waals surface area contributed by atoms with Crippen molar-refractivity contribution in [2.24, 2.45) is 0 Å². The fraction of sp³-hybridized carbons (Fsp3) is 0.375. The number of hydrogen-bond donors (Lipinski definition) is 1. The maximum atomic E-state index is 11.8. The highest BCUT2D eigenvalue weighted by Gasteiger charge is 2.26. The minimum Gasteiger partial charge on any atom is -0.478 e. The van der Waals surface area contributed by atoms with Gasteiger partial charge < -0.3 is 5.11 Å². The molecule has 1 aliphatic heterocycles. The largest absolute Gasteiger partial charge is 0.478 e. The topological polar surface area (TPSA) is 53.4 Å². The minimum atomic E-state index is -0.897. The summed E-state index contributed by atoms with van der Waals surface area (Å²) in [4.78, 5) is 18.7. The van der Waals surface area contributed by atoms with Gasteiger partial charge in [0.05, 0.1) is 11.1 Å². The van der Waals surface area contributed by atoms with Gasteiger partial charge in [0.15, 0.2) is 0 Å². The Labute approximate surface area is 128 Å². The lowest BCUT2D eigenvalue weighted by molar-refractivity contribution is 0.0694. The van der Waals surface area contributed by atoms with Crippen LogP contribution in [0.2, 0.25) is 5.02 Å². The summed E-state index contributed by atoms with van der Waals surface area (Å²) in [5.74, 6) is -0.897. The second-order valence-electron chi connectivity index (χ2n) is 5.69. The van der Waals surface area contributed by atoms with E-state index in [-0.39, 0.29) is 0 Å². The Balaban J connectivity index is 2.25. The van der Waals surface area contributed by atoms with Crippen molar-refractivity contribution in [2.45, 2.75) is 32.9 Å². The van der Waals surface area contributed by atoms with E-state index >= 15 is 0 Å². The van der Waals surface area contributed by atoms with Gasteiger partial charge in [-0.05, 0) is 26.0 Å². The maximum absolute atomic E-state index is 11.8. The Morgan fingerprint density at radius 1 is 1.43 bits per heavy atom. The first-order valence-electron chi connectivity index (χ1n) is 7.05. The van der Waals surface area contributed by atoms with Gasteiger partial charge in [-0.1, -0.05) is 17.7 Å². The summed E-state index contributed by atoms with van der Waals surface area (Å²) in [5.41, 5.74) is 2.77. The smallest absolute Gasteiger partial charge is 0.336 e. The lowest BCUT2D eigenvalue weighted by Crippen LogP contribution is -2.37. The molecule has 0 radical (unpaired) electrons. The van der Waals surface area contributed by atoms with Crippen molar-refractivity contribution in [2.75, 3.05) is 6.54 Å². The first kappa shape index (κ1) is 14.3. The molecule has 0 saturated heterocycles. The number of carboxylic acid groups (broad SMARTS) is 1. The van der Waals surface area contributed by atoms with Crippen LogP contribution in [0.25, 0.3) is 10.9 Å². The van der Waals surface area contributed by atoms with Gasteiger partial charge in [-0.2, -0.15) is 0 Å². The number of nitrogens with zero attached hydrogens (tertiary/aromatic N) is 2. The van der Waals surface area contributed by atoms with E-state index < -0.39 is 5.97 Å². The van der Waals surface area contributed by atoms with E-state index in [1.54, 1.807) is 18.2 Å². The summed E-state index contributed by atoms with van der Waals surface area (Å²) in [6.45, 7) is 5.79. The predicted octanol–water partition coefficient (Wildman–Crippen LogP) is 3.35. The molecule has 0 fully saturated rings. The van der Waals surface area contributed by atoms with Crippen LogP contribution >= 0.6 is 11.6 Å². The van der Waals surface area contributed by atoms with Crippen LogP contribution in [-0.4, -0.2) is 33.5 Å². The number of carboxylic acids is 1. The second-order valence-corrected chi connectivity index (χ2v) is 6.13. The third-order valence-electron chi connectivity index (χ3n) is 4.08. The lowest BCUT2D eigenvalue weighted by atomic mass is 9.95. The first-order valence-corrected chi connectivity index (χ1v) is 7.43. The van der Waals surface area contributed by atoms with Gasteiger partial charge in [-0.25, -0.2) is 4.79 Å². The summed E-state index contributed by atoms with van der Waals surface area (Å²) in [7, 11) is 0. The van der Waals surface area contributed by atoms with Crippen molar-refractivity contribution in [3.8, 4) is 0 Å². The van der Waals surface area contributed by atoms with Crippen LogP contribution in [0.5, 0.6) is 0 Å². The molecule has 5 heteroatoms. The number of halogens is 1. The highest BCUT2D eigenvalue weighted by atomic mass is 35.5. The Hall–Kier alpha value is -1.65. The van der Waals surface area contributed by atoms with E-state index in [1.165, 1.54) is 0 Å². The van der Waals surface area contributed by atoms with Crippen molar-refractivity contribution in [3.63, 3.8) is 0 Å². The third-order valence-corrected chi connectivity index (χ3v) is 4.31. The van der Waals surface area contributed by atoms with Crippen LogP contribution in [0.15, 0.2) is 18.2 Å². The van der Waals surface area contributed by atoms with Gasteiger partial charge in [0.1, 0.15) is 0 Å². The molecule has 0 spiro atoms. The average Bonchev–Trinajstić information content (AvgIpc) is 2.43. The van der Waals surface area contributed by atoms with Crippen LogP contribution < -0.4 is 0 Å². The summed E-state index contributed by atoms with van der Waals surface area (Å²) in [5, 5.41) is 10.9. The summed E-state index contributed by atoms with van der Waals surface area (Å²) in [6, 6.07) is 5.59. The van der Waals surface area contributed by atoms with Crippen LogP contribution in [0.1, 0.15) is 35.5 Å². The van der Waals surface area contributed by atoms with Gasteiger partial charge in [0.25, 0.3) is 0 Å². The van der Waals surface area contributed by atoms with E-state index in [1.807, 2.05) is 0 Å². The number of fused-ring (bicyclic) bond motifs is 2. The van der Waals surface area contributed by atoms with Gasteiger partial charge in [-0.3, -0.25) is 9.88 Å². The molecule has 0 atom stereocenters. The fourth-order valence-corrected chi connectivity index (χ4v) is 3.09. The molecule has 1 aromatic carbocycles. The molecule has 0 saturated carbocycles. The van der Waals surface area contributed by atoms with Crippen molar-refractivity contribution in [3.05, 3.63) is 40.0 Å². The van der Waals surface area contributed by atoms with Gasteiger partial charge >= 0.3 is 5.97 Å². The highest BCUT2D eigenvalue weighted by molar-refractivity contribution is 6.31.